The third-order valence-electron chi connectivity index (χ3n) is 3.83. The molecule has 0 radical (unpaired) electrons. The number of anilines is 1. The molecule has 0 aliphatic carbocycles. The highest BCUT2D eigenvalue weighted by atomic mass is 19.2. The standard InChI is InChI=1S/C17H16F2N2O3/c1-23-14-5-2-11(8-20-14)9-24-10-15(22)21-7-6-12-3-4-13(18)16(19)17(12)21/h2-5,8H,6-7,9-10H2,1H3. The molecule has 3 rings (SSSR count). The lowest BCUT2D eigenvalue weighted by molar-refractivity contribution is -0.123. The molecule has 2 heterocycles. The summed E-state index contributed by atoms with van der Waals surface area (Å²) in [5.41, 5.74) is 1.43. The molecule has 0 unspecified atom stereocenters. The zero-order valence-electron chi connectivity index (χ0n) is 13.1. The molecule has 1 amide bonds. The van der Waals surface area contributed by atoms with Gasteiger partial charge in [0.25, 0.3) is 5.91 Å². The summed E-state index contributed by atoms with van der Waals surface area (Å²) in [6.07, 6.45) is 2.09. The first-order chi connectivity index (χ1) is 11.6. The molecule has 0 spiro atoms. The number of rotatable bonds is 5. The normalized spacial score (nSPS) is 13.0. The molecule has 1 aromatic carbocycles. The molecule has 2 aromatic rings. The van der Waals surface area contributed by atoms with E-state index in [9.17, 15) is 13.6 Å². The minimum Gasteiger partial charge on any atom is -0.481 e. The third-order valence-corrected chi connectivity index (χ3v) is 3.83. The van der Waals surface area contributed by atoms with Gasteiger partial charge < -0.3 is 14.4 Å². The Balaban J connectivity index is 1.60. The lowest BCUT2D eigenvalue weighted by Gasteiger charge is -2.18. The Labute approximate surface area is 137 Å². The van der Waals surface area contributed by atoms with Crippen molar-refractivity contribution in [3.8, 4) is 5.88 Å². The van der Waals surface area contributed by atoms with Gasteiger partial charge in [0.05, 0.1) is 19.4 Å². The average Bonchev–Trinajstić information content (AvgIpc) is 3.03. The molecule has 126 valence electrons. The topological polar surface area (TPSA) is 51.7 Å². The minimum absolute atomic E-state index is 0.0229. The number of benzene rings is 1. The predicted molar refractivity (Wildman–Crippen MR) is 82.9 cm³/mol. The third kappa shape index (κ3) is 3.21. The van der Waals surface area contributed by atoms with Crippen molar-refractivity contribution in [2.24, 2.45) is 0 Å². The second-order valence-corrected chi connectivity index (χ2v) is 5.37. The number of hydrogen-bond acceptors (Lipinski definition) is 4. The molecule has 24 heavy (non-hydrogen) atoms. The maximum atomic E-state index is 13.9. The van der Waals surface area contributed by atoms with E-state index in [1.807, 2.05) is 0 Å². The number of hydrogen-bond donors (Lipinski definition) is 0. The molecule has 0 fully saturated rings. The van der Waals surface area contributed by atoms with Crippen LogP contribution < -0.4 is 9.64 Å². The largest absolute Gasteiger partial charge is 0.481 e. The fraction of sp³-hybridized carbons (Fsp3) is 0.294. The molecule has 0 N–H and O–H groups in total. The van der Waals surface area contributed by atoms with E-state index in [-0.39, 0.29) is 18.9 Å². The smallest absolute Gasteiger partial charge is 0.253 e. The number of pyridine rings is 1. The Hall–Kier alpha value is -2.54. The number of carbonyl (C=O) groups excluding carboxylic acids is 1. The van der Waals surface area contributed by atoms with Crippen LogP contribution in [-0.2, 0) is 22.6 Å². The van der Waals surface area contributed by atoms with Crippen molar-refractivity contribution in [1.29, 1.82) is 0 Å². The van der Waals surface area contributed by atoms with E-state index >= 15 is 0 Å². The quantitative estimate of drug-likeness (QED) is 0.843. The van der Waals surface area contributed by atoms with Crippen LogP contribution in [0.3, 0.4) is 0 Å². The summed E-state index contributed by atoms with van der Waals surface area (Å²) in [7, 11) is 1.52. The van der Waals surface area contributed by atoms with Gasteiger partial charge in [-0.1, -0.05) is 6.07 Å². The van der Waals surface area contributed by atoms with Crippen LogP contribution in [-0.4, -0.2) is 31.2 Å². The highest BCUT2D eigenvalue weighted by Gasteiger charge is 2.29. The van der Waals surface area contributed by atoms with Crippen LogP contribution in [0, 0.1) is 11.6 Å². The van der Waals surface area contributed by atoms with E-state index in [0.29, 0.717) is 24.4 Å². The molecule has 0 bridgehead atoms. The van der Waals surface area contributed by atoms with Gasteiger partial charge >= 0.3 is 0 Å². The van der Waals surface area contributed by atoms with Gasteiger partial charge in [-0.3, -0.25) is 4.79 Å². The van der Waals surface area contributed by atoms with E-state index in [1.54, 1.807) is 18.3 Å². The predicted octanol–water partition coefficient (Wildman–Crippen LogP) is 2.47. The summed E-state index contributed by atoms with van der Waals surface area (Å²) in [6.45, 7) is 0.290. The average molecular weight is 334 g/mol. The number of amides is 1. The number of methoxy groups -OCH3 is 1. The summed E-state index contributed by atoms with van der Waals surface area (Å²) in [4.78, 5) is 17.5. The minimum atomic E-state index is -0.988. The summed E-state index contributed by atoms with van der Waals surface area (Å²) in [5, 5.41) is 0. The Morgan fingerprint density at radius 3 is 2.83 bits per heavy atom. The van der Waals surface area contributed by atoms with E-state index in [1.165, 1.54) is 18.1 Å². The molecule has 0 saturated heterocycles. The highest BCUT2D eigenvalue weighted by Crippen LogP contribution is 2.32. The van der Waals surface area contributed by atoms with Gasteiger partial charge in [-0.05, 0) is 29.7 Å². The lowest BCUT2D eigenvalue weighted by Crippen LogP contribution is -2.33. The molecule has 1 aliphatic rings. The first-order valence-corrected chi connectivity index (χ1v) is 7.44. The van der Waals surface area contributed by atoms with Gasteiger partial charge in [-0.15, -0.1) is 0 Å². The number of halogens is 2. The van der Waals surface area contributed by atoms with Gasteiger partial charge in [0.1, 0.15) is 6.61 Å². The van der Waals surface area contributed by atoms with Crippen LogP contribution in [0.15, 0.2) is 30.5 Å². The van der Waals surface area contributed by atoms with Gasteiger partial charge in [0.2, 0.25) is 5.88 Å². The molecular weight excluding hydrogens is 318 g/mol. The van der Waals surface area contributed by atoms with Gasteiger partial charge in [-0.2, -0.15) is 0 Å². The summed E-state index contributed by atoms with van der Waals surface area (Å²) in [5.74, 6) is -1.86. The molecule has 0 atom stereocenters. The fourth-order valence-corrected chi connectivity index (χ4v) is 2.62. The van der Waals surface area contributed by atoms with Crippen molar-refractivity contribution < 1.29 is 23.0 Å². The van der Waals surface area contributed by atoms with Crippen LogP contribution in [0.5, 0.6) is 5.88 Å². The van der Waals surface area contributed by atoms with E-state index in [2.05, 4.69) is 4.98 Å². The zero-order chi connectivity index (χ0) is 17.1. The van der Waals surface area contributed by atoms with Gasteiger partial charge in [-0.25, -0.2) is 13.8 Å². The zero-order valence-corrected chi connectivity index (χ0v) is 13.1. The van der Waals surface area contributed by atoms with Crippen molar-refractivity contribution >= 4 is 11.6 Å². The Kier molecular flexibility index (Phi) is 4.71. The summed E-state index contributed by atoms with van der Waals surface area (Å²) in [6, 6.07) is 6.05. The van der Waals surface area contributed by atoms with Gasteiger partial charge in [0, 0.05) is 18.8 Å². The van der Waals surface area contributed by atoms with E-state index in [4.69, 9.17) is 9.47 Å². The Morgan fingerprint density at radius 2 is 2.12 bits per heavy atom. The highest BCUT2D eigenvalue weighted by molar-refractivity contribution is 5.96. The number of nitrogens with zero attached hydrogens (tertiary/aromatic N) is 2. The Bertz CT molecular complexity index is 750. The van der Waals surface area contributed by atoms with Crippen molar-refractivity contribution in [2.75, 3.05) is 25.2 Å². The molecule has 0 saturated carbocycles. The monoisotopic (exact) mass is 334 g/mol. The first kappa shape index (κ1) is 16.3. The van der Waals surface area contributed by atoms with Crippen molar-refractivity contribution in [3.63, 3.8) is 0 Å². The summed E-state index contributed by atoms with van der Waals surface area (Å²) < 4.78 is 37.6. The number of aromatic nitrogens is 1. The number of carbonyl (C=O) groups is 1. The number of fused-ring (bicyclic) bond motifs is 1. The number of ether oxygens (including phenoxy) is 2. The van der Waals surface area contributed by atoms with Crippen molar-refractivity contribution in [3.05, 3.63) is 53.2 Å². The molecule has 1 aliphatic heterocycles. The van der Waals surface area contributed by atoms with Gasteiger partial charge in [0.15, 0.2) is 11.6 Å². The van der Waals surface area contributed by atoms with Crippen LogP contribution in [0.1, 0.15) is 11.1 Å². The Morgan fingerprint density at radius 1 is 1.29 bits per heavy atom. The van der Waals surface area contributed by atoms with Crippen molar-refractivity contribution in [2.45, 2.75) is 13.0 Å². The summed E-state index contributed by atoms with van der Waals surface area (Å²) >= 11 is 0. The van der Waals surface area contributed by atoms with E-state index < -0.39 is 17.5 Å². The molecule has 5 nitrogen and oxygen atoms in total. The maximum Gasteiger partial charge on any atom is 0.253 e. The molecular formula is C17H16F2N2O3. The van der Waals surface area contributed by atoms with Crippen LogP contribution in [0.4, 0.5) is 14.5 Å². The van der Waals surface area contributed by atoms with Crippen molar-refractivity contribution in [1.82, 2.24) is 4.98 Å². The molecule has 7 heteroatoms. The van der Waals surface area contributed by atoms with Crippen LogP contribution in [0.25, 0.3) is 0 Å². The second-order valence-electron chi connectivity index (χ2n) is 5.37. The molecule has 1 aromatic heterocycles. The first-order valence-electron chi connectivity index (χ1n) is 7.44. The van der Waals surface area contributed by atoms with E-state index in [0.717, 1.165) is 11.6 Å². The van der Waals surface area contributed by atoms with Crippen LogP contribution >= 0.6 is 0 Å². The fourth-order valence-electron chi connectivity index (χ4n) is 2.62. The maximum absolute atomic E-state index is 13.9. The second kappa shape index (κ2) is 6.92. The van der Waals surface area contributed by atoms with Crippen LogP contribution in [0.2, 0.25) is 0 Å². The lowest BCUT2D eigenvalue weighted by atomic mass is 10.1. The SMILES string of the molecule is COc1ccc(COCC(=O)N2CCc3ccc(F)c(F)c32)cn1.